The van der Waals surface area contributed by atoms with E-state index in [0.29, 0.717) is 16.5 Å². The first kappa shape index (κ1) is 16.7. The van der Waals surface area contributed by atoms with Gasteiger partial charge in [0.25, 0.3) is 0 Å². The summed E-state index contributed by atoms with van der Waals surface area (Å²) in [5.74, 6) is 1.32. The van der Waals surface area contributed by atoms with Crippen molar-refractivity contribution in [3.63, 3.8) is 0 Å². The minimum Gasteiger partial charge on any atom is -0.370 e. The number of hydrogen-bond donors (Lipinski definition) is 0. The summed E-state index contributed by atoms with van der Waals surface area (Å²) in [4.78, 5) is 9.25. The third-order valence-electron chi connectivity index (χ3n) is 4.57. The van der Waals surface area contributed by atoms with Gasteiger partial charge >= 0.3 is 0 Å². The molecule has 2 rings (SSSR count). The summed E-state index contributed by atoms with van der Waals surface area (Å²) in [6, 6.07) is 1.88. The quantitative estimate of drug-likeness (QED) is 0.751. The smallest absolute Gasteiger partial charge is 0.162 e. The molecule has 0 radical (unpaired) electrons. The summed E-state index contributed by atoms with van der Waals surface area (Å²) < 4.78 is 5.89. The summed E-state index contributed by atoms with van der Waals surface area (Å²) >= 11 is 6.22. The van der Waals surface area contributed by atoms with E-state index in [1.54, 1.807) is 7.11 Å². The predicted molar refractivity (Wildman–Crippen MR) is 86.5 cm³/mol. The van der Waals surface area contributed by atoms with E-state index in [9.17, 15) is 0 Å². The van der Waals surface area contributed by atoms with Crippen molar-refractivity contribution in [1.82, 2.24) is 9.97 Å². The largest absolute Gasteiger partial charge is 0.370 e. The van der Waals surface area contributed by atoms with Crippen molar-refractivity contribution in [2.24, 2.45) is 11.3 Å². The van der Waals surface area contributed by atoms with E-state index in [4.69, 9.17) is 21.3 Å². The lowest BCUT2D eigenvalue weighted by molar-refractivity contribution is -0.0730. The van der Waals surface area contributed by atoms with Crippen LogP contribution in [0.1, 0.15) is 64.9 Å². The van der Waals surface area contributed by atoms with Gasteiger partial charge in [-0.05, 0) is 49.5 Å². The van der Waals surface area contributed by atoms with Crippen molar-refractivity contribution in [2.45, 2.75) is 65.4 Å². The molecule has 0 unspecified atom stereocenters. The number of halogens is 1. The van der Waals surface area contributed by atoms with Gasteiger partial charge in [0.05, 0.1) is 0 Å². The summed E-state index contributed by atoms with van der Waals surface area (Å²) in [6.07, 6.45) is 5.07. The SMILES string of the molecule is COC1(c2nc(Cl)cc(CC(C)C)n2)CCC(C)(C)CC1. The third-order valence-corrected chi connectivity index (χ3v) is 4.77. The van der Waals surface area contributed by atoms with Crippen LogP contribution in [0.4, 0.5) is 0 Å². The zero-order chi connectivity index (χ0) is 15.7. The molecule has 0 aromatic carbocycles. The van der Waals surface area contributed by atoms with Crippen molar-refractivity contribution < 1.29 is 4.74 Å². The van der Waals surface area contributed by atoms with Crippen LogP contribution >= 0.6 is 11.6 Å². The molecule has 1 fully saturated rings. The maximum absolute atomic E-state index is 6.22. The van der Waals surface area contributed by atoms with Crippen LogP contribution in [0.15, 0.2) is 6.07 Å². The van der Waals surface area contributed by atoms with Gasteiger partial charge in [0.2, 0.25) is 0 Å². The van der Waals surface area contributed by atoms with E-state index in [0.717, 1.165) is 43.6 Å². The van der Waals surface area contributed by atoms with Crippen LogP contribution in [-0.2, 0) is 16.8 Å². The van der Waals surface area contributed by atoms with Crippen LogP contribution in [0.25, 0.3) is 0 Å². The van der Waals surface area contributed by atoms with Crippen LogP contribution in [0.3, 0.4) is 0 Å². The van der Waals surface area contributed by atoms with Gasteiger partial charge in [-0.15, -0.1) is 0 Å². The molecule has 1 heterocycles. The molecule has 1 aromatic heterocycles. The van der Waals surface area contributed by atoms with E-state index in [1.807, 2.05) is 6.07 Å². The molecule has 0 atom stereocenters. The van der Waals surface area contributed by atoms with Crippen molar-refractivity contribution in [3.05, 3.63) is 22.7 Å². The second kappa shape index (κ2) is 6.21. The molecule has 21 heavy (non-hydrogen) atoms. The Labute approximate surface area is 133 Å². The zero-order valence-corrected chi connectivity index (χ0v) is 14.6. The van der Waals surface area contributed by atoms with Gasteiger partial charge in [-0.3, -0.25) is 0 Å². The standard InChI is InChI=1S/C17H27ClN2O/c1-12(2)10-13-11-14(18)20-15(19-13)17(21-5)8-6-16(3,4)7-9-17/h11-12H,6-10H2,1-5H3. The highest BCUT2D eigenvalue weighted by molar-refractivity contribution is 6.29. The molecule has 0 bridgehead atoms. The number of aromatic nitrogens is 2. The van der Waals surface area contributed by atoms with Crippen LogP contribution in [0, 0.1) is 11.3 Å². The molecule has 118 valence electrons. The van der Waals surface area contributed by atoms with Gasteiger partial charge < -0.3 is 4.74 Å². The van der Waals surface area contributed by atoms with Gasteiger partial charge in [0.1, 0.15) is 10.8 Å². The average molecular weight is 311 g/mol. The molecule has 0 spiro atoms. The fourth-order valence-electron chi connectivity index (χ4n) is 3.04. The van der Waals surface area contributed by atoms with Gasteiger partial charge in [-0.25, -0.2) is 9.97 Å². The molecule has 1 saturated carbocycles. The first-order valence-corrected chi connectivity index (χ1v) is 8.23. The number of nitrogens with zero attached hydrogens (tertiary/aromatic N) is 2. The lowest BCUT2D eigenvalue weighted by Gasteiger charge is -2.41. The Balaban J connectivity index is 2.32. The van der Waals surface area contributed by atoms with E-state index in [2.05, 4.69) is 32.7 Å². The van der Waals surface area contributed by atoms with Crippen LogP contribution in [0.5, 0.6) is 0 Å². The van der Waals surface area contributed by atoms with E-state index in [-0.39, 0.29) is 5.60 Å². The van der Waals surface area contributed by atoms with Gasteiger partial charge in [0.15, 0.2) is 5.82 Å². The Kier molecular flexibility index (Phi) is 4.94. The first-order chi connectivity index (χ1) is 9.76. The molecule has 4 heteroatoms. The Bertz CT molecular complexity index is 490. The molecule has 0 saturated heterocycles. The number of hydrogen-bond acceptors (Lipinski definition) is 3. The lowest BCUT2D eigenvalue weighted by atomic mass is 9.70. The lowest BCUT2D eigenvalue weighted by Crippen LogP contribution is -2.38. The molecule has 1 aliphatic carbocycles. The molecule has 0 N–H and O–H groups in total. The molecule has 0 aliphatic heterocycles. The van der Waals surface area contributed by atoms with E-state index in [1.165, 1.54) is 0 Å². The summed E-state index contributed by atoms with van der Waals surface area (Å²) in [5, 5.41) is 0.525. The van der Waals surface area contributed by atoms with Crippen molar-refractivity contribution in [2.75, 3.05) is 7.11 Å². The topological polar surface area (TPSA) is 35.0 Å². The Morgan fingerprint density at radius 3 is 2.33 bits per heavy atom. The highest BCUT2D eigenvalue weighted by Gasteiger charge is 2.42. The Morgan fingerprint density at radius 2 is 1.81 bits per heavy atom. The minimum absolute atomic E-state index is 0.369. The monoisotopic (exact) mass is 310 g/mol. The number of methoxy groups -OCH3 is 1. The average Bonchev–Trinajstić information content (AvgIpc) is 2.38. The summed E-state index contributed by atoms with van der Waals surface area (Å²) in [7, 11) is 1.77. The number of rotatable bonds is 4. The maximum atomic E-state index is 6.22. The van der Waals surface area contributed by atoms with Crippen LogP contribution in [0.2, 0.25) is 5.15 Å². The Morgan fingerprint density at radius 1 is 1.19 bits per heavy atom. The number of ether oxygens (including phenoxy) is 1. The van der Waals surface area contributed by atoms with Gasteiger partial charge in [-0.2, -0.15) is 0 Å². The van der Waals surface area contributed by atoms with E-state index < -0.39 is 0 Å². The molecule has 1 aliphatic rings. The highest BCUT2D eigenvalue weighted by Crippen LogP contribution is 2.46. The maximum Gasteiger partial charge on any atom is 0.162 e. The minimum atomic E-state index is -0.369. The van der Waals surface area contributed by atoms with E-state index >= 15 is 0 Å². The summed E-state index contributed by atoms with van der Waals surface area (Å²) in [5.41, 5.74) is 1.02. The zero-order valence-electron chi connectivity index (χ0n) is 13.9. The molecule has 0 amide bonds. The fraction of sp³-hybridized carbons (Fsp3) is 0.765. The molecule has 1 aromatic rings. The highest BCUT2D eigenvalue weighted by atomic mass is 35.5. The second-order valence-corrected chi connectivity index (χ2v) is 7.85. The molecular weight excluding hydrogens is 284 g/mol. The van der Waals surface area contributed by atoms with Crippen molar-refractivity contribution in [3.8, 4) is 0 Å². The first-order valence-electron chi connectivity index (χ1n) is 7.85. The van der Waals surface area contributed by atoms with Gasteiger partial charge in [0, 0.05) is 12.8 Å². The fourth-order valence-corrected chi connectivity index (χ4v) is 3.25. The van der Waals surface area contributed by atoms with Crippen LogP contribution in [-0.4, -0.2) is 17.1 Å². The molecular formula is C17H27ClN2O. The molecule has 3 nitrogen and oxygen atoms in total. The Hall–Kier alpha value is -0.670. The second-order valence-electron chi connectivity index (χ2n) is 7.47. The third kappa shape index (κ3) is 3.95. The van der Waals surface area contributed by atoms with Gasteiger partial charge in [-0.1, -0.05) is 39.3 Å². The predicted octanol–water partition coefficient (Wildman–Crippen LogP) is 4.77. The van der Waals surface area contributed by atoms with Crippen LogP contribution < -0.4 is 0 Å². The normalized spacial score (nSPS) is 20.7. The van der Waals surface area contributed by atoms with Crippen molar-refractivity contribution >= 4 is 11.6 Å². The summed E-state index contributed by atoms with van der Waals surface area (Å²) in [6.45, 7) is 9.00. The van der Waals surface area contributed by atoms with Crippen molar-refractivity contribution in [1.29, 1.82) is 0 Å².